The number of nitrogens with one attached hydrogen (secondary N) is 1. The lowest BCUT2D eigenvalue weighted by molar-refractivity contribution is 0.210. The standard InChI is InChI=1S/C8H9NO3S/c1-13(12)7-4-2-6(3-5-7)9-8(10)11/h2-5,9H,1H3,(H,10,11). The quantitative estimate of drug-likeness (QED) is 0.758. The molecule has 0 bridgehead atoms. The molecule has 1 aromatic rings. The highest BCUT2D eigenvalue weighted by Crippen LogP contribution is 2.11. The summed E-state index contributed by atoms with van der Waals surface area (Å²) in [5, 5.41) is 10.6. The van der Waals surface area contributed by atoms with E-state index in [1.807, 2.05) is 0 Å². The van der Waals surface area contributed by atoms with Gasteiger partial charge in [0.2, 0.25) is 0 Å². The SMILES string of the molecule is CS(=O)c1ccc(NC(=O)O)cc1. The van der Waals surface area contributed by atoms with Gasteiger partial charge in [-0.05, 0) is 24.3 Å². The van der Waals surface area contributed by atoms with Crippen LogP contribution in [0.1, 0.15) is 0 Å². The number of hydrogen-bond donors (Lipinski definition) is 2. The van der Waals surface area contributed by atoms with Crippen molar-refractivity contribution in [3.05, 3.63) is 24.3 Å². The van der Waals surface area contributed by atoms with E-state index >= 15 is 0 Å². The lowest BCUT2D eigenvalue weighted by atomic mass is 10.3. The maximum Gasteiger partial charge on any atom is 0.409 e. The molecule has 0 radical (unpaired) electrons. The van der Waals surface area contributed by atoms with Crippen LogP contribution in [0.4, 0.5) is 10.5 Å². The van der Waals surface area contributed by atoms with Gasteiger partial charge in [0, 0.05) is 27.6 Å². The van der Waals surface area contributed by atoms with Gasteiger partial charge in [-0.1, -0.05) is 0 Å². The molecular formula is C8H9NO3S. The highest BCUT2D eigenvalue weighted by molar-refractivity contribution is 7.84. The van der Waals surface area contributed by atoms with Gasteiger partial charge in [0.05, 0.1) is 0 Å². The Morgan fingerprint density at radius 2 is 1.92 bits per heavy atom. The summed E-state index contributed by atoms with van der Waals surface area (Å²) < 4.78 is 11.0. The third-order valence-electron chi connectivity index (χ3n) is 1.44. The lowest BCUT2D eigenvalue weighted by Crippen LogP contribution is -2.06. The van der Waals surface area contributed by atoms with Crippen molar-refractivity contribution >= 4 is 22.6 Å². The van der Waals surface area contributed by atoms with Crippen molar-refractivity contribution < 1.29 is 14.1 Å². The summed E-state index contributed by atoms with van der Waals surface area (Å²) in [5.41, 5.74) is 0.474. The van der Waals surface area contributed by atoms with E-state index in [9.17, 15) is 9.00 Å². The summed E-state index contributed by atoms with van der Waals surface area (Å²) in [6.07, 6.45) is 0.463. The number of amides is 1. The summed E-state index contributed by atoms with van der Waals surface area (Å²) in [6.45, 7) is 0. The Morgan fingerprint density at radius 3 is 2.31 bits per heavy atom. The Morgan fingerprint density at radius 1 is 1.38 bits per heavy atom. The minimum atomic E-state index is -1.11. The van der Waals surface area contributed by atoms with Crippen molar-refractivity contribution in [3.8, 4) is 0 Å². The molecule has 70 valence electrons. The number of carbonyl (C=O) groups is 1. The first-order valence-corrected chi connectivity index (χ1v) is 5.09. The molecule has 0 saturated heterocycles. The average Bonchev–Trinajstić information content (AvgIpc) is 2.04. The zero-order chi connectivity index (χ0) is 9.84. The van der Waals surface area contributed by atoms with E-state index in [0.717, 1.165) is 0 Å². The van der Waals surface area contributed by atoms with Crippen LogP contribution in [-0.2, 0) is 10.8 Å². The minimum absolute atomic E-state index is 0.474. The third kappa shape index (κ3) is 2.87. The van der Waals surface area contributed by atoms with Crippen molar-refractivity contribution in [1.29, 1.82) is 0 Å². The molecule has 1 aromatic carbocycles. The number of carboxylic acid groups (broad SMARTS) is 1. The molecule has 0 spiro atoms. The van der Waals surface area contributed by atoms with Gasteiger partial charge in [-0.3, -0.25) is 9.53 Å². The second-order valence-electron chi connectivity index (χ2n) is 2.41. The fraction of sp³-hybridized carbons (Fsp3) is 0.125. The van der Waals surface area contributed by atoms with Crippen LogP contribution in [0, 0.1) is 0 Å². The van der Waals surface area contributed by atoms with E-state index in [0.29, 0.717) is 10.6 Å². The fourth-order valence-corrected chi connectivity index (χ4v) is 1.37. The zero-order valence-electron chi connectivity index (χ0n) is 6.98. The molecule has 0 saturated carbocycles. The van der Waals surface area contributed by atoms with Gasteiger partial charge in [-0.15, -0.1) is 0 Å². The number of hydrogen-bond acceptors (Lipinski definition) is 2. The normalized spacial score (nSPS) is 12.1. The highest BCUT2D eigenvalue weighted by Gasteiger charge is 1.99. The van der Waals surface area contributed by atoms with E-state index < -0.39 is 16.9 Å². The number of benzene rings is 1. The molecule has 0 fully saturated rings. The summed E-state index contributed by atoms with van der Waals surface area (Å²) in [5.74, 6) is 0. The molecule has 0 aliphatic carbocycles. The summed E-state index contributed by atoms with van der Waals surface area (Å²) in [6, 6.07) is 6.40. The van der Waals surface area contributed by atoms with Crippen molar-refractivity contribution in [1.82, 2.24) is 0 Å². The van der Waals surface area contributed by atoms with E-state index in [4.69, 9.17) is 5.11 Å². The first-order chi connectivity index (χ1) is 6.09. The molecule has 13 heavy (non-hydrogen) atoms. The summed E-state index contributed by atoms with van der Waals surface area (Å²) in [7, 11) is -1.03. The molecular weight excluding hydrogens is 190 g/mol. The van der Waals surface area contributed by atoms with Gasteiger partial charge in [0.15, 0.2) is 0 Å². The Kier molecular flexibility index (Phi) is 3.02. The van der Waals surface area contributed by atoms with Crippen LogP contribution in [0.25, 0.3) is 0 Å². The maximum atomic E-state index is 11.0. The Labute approximate surface area is 78.0 Å². The number of rotatable bonds is 2. The molecule has 0 aliphatic heterocycles. The van der Waals surface area contributed by atoms with Crippen LogP contribution in [0.5, 0.6) is 0 Å². The second kappa shape index (κ2) is 4.04. The Bertz CT molecular complexity index is 334. The van der Waals surface area contributed by atoms with E-state index in [1.165, 1.54) is 0 Å². The van der Waals surface area contributed by atoms with Gasteiger partial charge in [0.1, 0.15) is 0 Å². The Hall–Kier alpha value is -1.36. The van der Waals surface area contributed by atoms with Crippen molar-refractivity contribution in [2.45, 2.75) is 4.90 Å². The molecule has 1 amide bonds. The second-order valence-corrected chi connectivity index (χ2v) is 3.79. The van der Waals surface area contributed by atoms with Crippen LogP contribution in [-0.4, -0.2) is 21.7 Å². The van der Waals surface area contributed by atoms with Gasteiger partial charge >= 0.3 is 6.09 Å². The number of anilines is 1. The van der Waals surface area contributed by atoms with Crippen LogP contribution in [0.15, 0.2) is 29.2 Å². The zero-order valence-corrected chi connectivity index (χ0v) is 7.80. The molecule has 2 N–H and O–H groups in total. The Balaban J connectivity index is 2.81. The molecule has 1 rings (SSSR count). The fourth-order valence-electron chi connectivity index (χ4n) is 0.853. The van der Waals surface area contributed by atoms with E-state index in [1.54, 1.807) is 30.5 Å². The van der Waals surface area contributed by atoms with Crippen LogP contribution in [0.2, 0.25) is 0 Å². The van der Waals surface area contributed by atoms with Crippen molar-refractivity contribution in [3.63, 3.8) is 0 Å². The molecule has 0 heterocycles. The van der Waals surface area contributed by atoms with E-state index in [2.05, 4.69) is 5.32 Å². The topological polar surface area (TPSA) is 66.4 Å². The molecule has 0 aliphatic rings. The molecule has 1 atom stereocenters. The van der Waals surface area contributed by atoms with Gasteiger partial charge < -0.3 is 5.11 Å². The van der Waals surface area contributed by atoms with E-state index in [-0.39, 0.29) is 0 Å². The van der Waals surface area contributed by atoms with Crippen LogP contribution in [0.3, 0.4) is 0 Å². The van der Waals surface area contributed by atoms with Gasteiger partial charge in [0.25, 0.3) is 0 Å². The molecule has 0 aromatic heterocycles. The predicted octanol–water partition coefficient (Wildman–Crippen LogP) is 1.51. The molecule has 1 unspecified atom stereocenters. The highest BCUT2D eigenvalue weighted by atomic mass is 32.2. The smallest absolute Gasteiger partial charge is 0.409 e. The van der Waals surface area contributed by atoms with Gasteiger partial charge in [-0.2, -0.15) is 0 Å². The monoisotopic (exact) mass is 199 g/mol. The summed E-state index contributed by atoms with van der Waals surface area (Å²) >= 11 is 0. The first-order valence-electron chi connectivity index (χ1n) is 3.53. The largest absolute Gasteiger partial charge is 0.465 e. The molecule has 5 heteroatoms. The summed E-state index contributed by atoms with van der Waals surface area (Å²) in [4.78, 5) is 10.9. The van der Waals surface area contributed by atoms with Crippen LogP contribution < -0.4 is 5.32 Å². The average molecular weight is 199 g/mol. The van der Waals surface area contributed by atoms with Crippen molar-refractivity contribution in [2.75, 3.05) is 11.6 Å². The third-order valence-corrected chi connectivity index (χ3v) is 2.37. The predicted molar refractivity (Wildman–Crippen MR) is 50.4 cm³/mol. The first kappa shape index (κ1) is 9.73. The van der Waals surface area contributed by atoms with Gasteiger partial charge in [-0.25, -0.2) is 4.79 Å². The van der Waals surface area contributed by atoms with Crippen LogP contribution >= 0.6 is 0 Å². The maximum absolute atomic E-state index is 11.0. The van der Waals surface area contributed by atoms with Crippen molar-refractivity contribution in [2.24, 2.45) is 0 Å². The lowest BCUT2D eigenvalue weighted by Gasteiger charge is -2.00. The molecule has 4 nitrogen and oxygen atoms in total. The minimum Gasteiger partial charge on any atom is -0.465 e.